The molecule has 0 saturated heterocycles. The Morgan fingerprint density at radius 3 is 2.30 bits per heavy atom. The van der Waals surface area contributed by atoms with Gasteiger partial charge in [-0.15, -0.1) is 0 Å². The maximum Gasteiger partial charge on any atom is 0.225 e. The largest absolute Gasteiger partial charge is 0.409 e. The molecule has 0 spiro atoms. The Labute approximate surface area is 122 Å². The summed E-state index contributed by atoms with van der Waals surface area (Å²) in [5.74, 6) is 1.23. The second-order valence-corrected chi connectivity index (χ2v) is 7.02. The Morgan fingerprint density at radius 2 is 1.85 bits per heavy atom. The van der Waals surface area contributed by atoms with E-state index in [-0.39, 0.29) is 17.7 Å². The zero-order valence-electron chi connectivity index (χ0n) is 13.2. The molecule has 0 bridgehead atoms. The van der Waals surface area contributed by atoms with Crippen LogP contribution < -0.4 is 5.73 Å². The lowest BCUT2D eigenvalue weighted by Gasteiger charge is -2.37. The third kappa shape index (κ3) is 4.69. The summed E-state index contributed by atoms with van der Waals surface area (Å²) in [6.45, 7) is 7.35. The van der Waals surface area contributed by atoms with Crippen molar-refractivity contribution in [3.8, 4) is 0 Å². The summed E-state index contributed by atoms with van der Waals surface area (Å²) >= 11 is 0. The summed E-state index contributed by atoms with van der Waals surface area (Å²) in [7, 11) is 1.79. The molecule has 0 aromatic carbocycles. The topological polar surface area (TPSA) is 78.9 Å². The van der Waals surface area contributed by atoms with E-state index in [4.69, 9.17) is 10.9 Å². The minimum absolute atomic E-state index is 0.144. The molecule has 5 nitrogen and oxygen atoms in total. The molecule has 1 fully saturated rings. The van der Waals surface area contributed by atoms with Gasteiger partial charge in [-0.25, -0.2) is 0 Å². The van der Waals surface area contributed by atoms with E-state index in [1.54, 1.807) is 11.9 Å². The standard InChI is InChI=1S/C15H29N3O2/c1-15(2,3)12-7-5-11(6-8-12)14(19)18(4)10-9-13(16)17-20/h11-12,20H,5-10H2,1-4H3,(H2,16,17). The zero-order chi connectivity index (χ0) is 15.3. The Morgan fingerprint density at radius 1 is 1.30 bits per heavy atom. The van der Waals surface area contributed by atoms with Gasteiger partial charge < -0.3 is 15.8 Å². The summed E-state index contributed by atoms with van der Waals surface area (Å²) in [6, 6.07) is 0. The van der Waals surface area contributed by atoms with Crippen LogP contribution in [0.5, 0.6) is 0 Å². The number of rotatable bonds is 4. The van der Waals surface area contributed by atoms with E-state index in [0.29, 0.717) is 24.3 Å². The van der Waals surface area contributed by atoms with Crippen molar-refractivity contribution in [2.45, 2.75) is 52.9 Å². The second kappa shape index (κ2) is 6.95. The van der Waals surface area contributed by atoms with Gasteiger partial charge in [0.25, 0.3) is 0 Å². The lowest BCUT2D eigenvalue weighted by Crippen LogP contribution is -2.38. The van der Waals surface area contributed by atoms with Crippen molar-refractivity contribution in [1.29, 1.82) is 0 Å². The Kier molecular flexibility index (Phi) is 5.84. The molecule has 5 heteroatoms. The third-order valence-corrected chi connectivity index (χ3v) is 4.51. The van der Waals surface area contributed by atoms with E-state index in [1.165, 1.54) is 0 Å². The monoisotopic (exact) mass is 283 g/mol. The molecule has 1 aliphatic rings. The van der Waals surface area contributed by atoms with Crippen molar-refractivity contribution in [2.24, 2.45) is 28.1 Å². The van der Waals surface area contributed by atoms with Crippen molar-refractivity contribution in [3.05, 3.63) is 0 Å². The maximum atomic E-state index is 12.3. The van der Waals surface area contributed by atoms with E-state index in [1.807, 2.05) is 0 Å². The molecule has 20 heavy (non-hydrogen) atoms. The van der Waals surface area contributed by atoms with Crippen molar-refractivity contribution >= 4 is 11.7 Å². The molecule has 1 rings (SSSR count). The summed E-state index contributed by atoms with van der Waals surface area (Å²) < 4.78 is 0. The van der Waals surface area contributed by atoms with Gasteiger partial charge >= 0.3 is 0 Å². The Bertz CT molecular complexity index is 353. The Hall–Kier alpha value is -1.26. The SMILES string of the molecule is CN(CCC(N)=NO)C(=O)C1CCC(C(C)(C)C)CC1. The number of amides is 1. The van der Waals surface area contributed by atoms with Crippen LogP contribution in [0.4, 0.5) is 0 Å². The van der Waals surface area contributed by atoms with Crippen LogP contribution in [0.1, 0.15) is 52.9 Å². The number of hydrogen-bond acceptors (Lipinski definition) is 3. The fourth-order valence-electron chi connectivity index (χ4n) is 2.96. The average Bonchev–Trinajstić information content (AvgIpc) is 2.42. The molecule has 0 heterocycles. The number of carbonyl (C=O) groups excluding carboxylic acids is 1. The van der Waals surface area contributed by atoms with Gasteiger partial charge in [-0.3, -0.25) is 4.79 Å². The number of oxime groups is 1. The molecule has 0 aliphatic heterocycles. The highest BCUT2D eigenvalue weighted by molar-refractivity contribution is 5.82. The molecule has 0 aromatic heterocycles. The predicted molar refractivity (Wildman–Crippen MR) is 80.6 cm³/mol. The molecule has 0 unspecified atom stereocenters. The summed E-state index contributed by atoms with van der Waals surface area (Å²) in [5.41, 5.74) is 5.77. The van der Waals surface area contributed by atoms with Gasteiger partial charge in [0.05, 0.1) is 0 Å². The van der Waals surface area contributed by atoms with Gasteiger partial charge in [0.15, 0.2) is 0 Å². The van der Waals surface area contributed by atoms with Gasteiger partial charge in [0, 0.05) is 25.9 Å². The van der Waals surface area contributed by atoms with Crippen LogP contribution in [0.2, 0.25) is 0 Å². The van der Waals surface area contributed by atoms with E-state index in [0.717, 1.165) is 25.7 Å². The summed E-state index contributed by atoms with van der Waals surface area (Å²) in [5, 5.41) is 11.4. The van der Waals surface area contributed by atoms with Crippen LogP contribution in [0.3, 0.4) is 0 Å². The second-order valence-electron chi connectivity index (χ2n) is 7.02. The van der Waals surface area contributed by atoms with E-state index < -0.39 is 0 Å². The summed E-state index contributed by atoms with van der Waals surface area (Å²) in [6.07, 6.45) is 4.64. The van der Waals surface area contributed by atoms with Gasteiger partial charge in [-0.2, -0.15) is 0 Å². The minimum atomic E-state index is 0.144. The number of nitrogens with zero attached hydrogens (tertiary/aromatic N) is 2. The number of hydrogen-bond donors (Lipinski definition) is 2. The van der Waals surface area contributed by atoms with Crippen molar-refractivity contribution in [2.75, 3.05) is 13.6 Å². The lowest BCUT2D eigenvalue weighted by molar-refractivity contribution is -0.135. The van der Waals surface area contributed by atoms with Crippen LogP contribution in [0.25, 0.3) is 0 Å². The third-order valence-electron chi connectivity index (χ3n) is 4.51. The number of nitrogens with two attached hydrogens (primary N) is 1. The Balaban J connectivity index is 2.42. The first-order valence-electron chi connectivity index (χ1n) is 7.47. The van der Waals surface area contributed by atoms with Crippen LogP contribution in [-0.2, 0) is 4.79 Å². The van der Waals surface area contributed by atoms with Crippen LogP contribution in [-0.4, -0.2) is 35.4 Å². The highest BCUT2D eigenvalue weighted by Gasteiger charge is 2.33. The highest BCUT2D eigenvalue weighted by atomic mass is 16.4. The van der Waals surface area contributed by atoms with E-state index in [9.17, 15) is 4.79 Å². The molecule has 0 radical (unpaired) electrons. The smallest absolute Gasteiger partial charge is 0.225 e. The molecular formula is C15H29N3O2. The fourth-order valence-corrected chi connectivity index (χ4v) is 2.96. The van der Waals surface area contributed by atoms with E-state index >= 15 is 0 Å². The minimum Gasteiger partial charge on any atom is -0.409 e. The molecule has 3 N–H and O–H groups in total. The van der Waals surface area contributed by atoms with Crippen molar-refractivity contribution in [3.63, 3.8) is 0 Å². The maximum absolute atomic E-state index is 12.3. The number of carbonyl (C=O) groups is 1. The molecule has 0 atom stereocenters. The van der Waals surface area contributed by atoms with Gasteiger partial charge in [0.2, 0.25) is 5.91 Å². The average molecular weight is 283 g/mol. The summed E-state index contributed by atoms with van der Waals surface area (Å²) in [4.78, 5) is 14.0. The number of amidine groups is 1. The van der Waals surface area contributed by atoms with Crippen LogP contribution in [0, 0.1) is 17.3 Å². The zero-order valence-corrected chi connectivity index (χ0v) is 13.2. The lowest BCUT2D eigenvalue weighted by atomic mass is 9.69. The van der Waals surface area contributed by atoms with Crippen LogP contribution >= 0.6 is 0 Å². The first-order chi connectivity index (χ1) is 9.25. The quantitative estimate of drug-likeness (QED) is 0.360. The molecule has 116 valence electrons. The van der Waals surface area contributed by atoms with Crippen LogP contribution in [0.15, 0.2) is 5.16 Å². The molecule has 0 aromatic rings. The van der Waals surface area contributed by atoms with Crippen molar-refractivity contribution in [1.82, 2.24) is 4.90 Å². The van der Waals surface area contributed by atoms with E-state index in [2.05, 4.69) is 25.9 Å². The molecule has 1 amide bonds. The molecule has 1 aliphatic carbocycles. The molecular weight excluding hydrogens is 254 g/mol. The molecule has 1 saturated carbocycles. The predicted octanol–water partition coefficient (Wildman–Crippen LogP) is 2.43. The van der Waals surface area contributed by atoms with Gasteiger partial charge in [0.1, 0.15) is 5.84 Å². The first-order valence-corrected chi connectivity index (χ1v) is 7.47. The normalized spacial score (nSPS) is 24.5. The fraction of sp³-hybridized carbons (Fsp3) is 0.867. The first kappa shape index (κ1) is 16.8. The van der Waals surface area contributed by atoms with Crippen molar-refractivity contribution < 1.29 is 10.0 Å². The van der Waals surface area contributed by atoms with Gasteiger partial charge in [-0.1, -0.05) is 25.9 Å². The highest BCUT2D eigenvalue weighted by Crippen LogP contribution is 2.40. The van der Waals surface area contributed by atoms with Gasteiger partial charge in [-0.05, 0) is 37.0 Å².